The molecule has 1 aromatic heterocycles. The van der Waals surface area contributed by atoms with Crippen LogP contribution in [0.3, 0.4) is 0 Å². The molecular formula is C21H20N2O3. The minimum absolute atomic E-state index is 0.0895. The molecular weight excluding hydrogens is 328 g/mol. The average Bonchev–Trinajstić information content (AvgIpc) is 2.67. The number of rotatable bonds is 2. The molecule has 4 rings (SSSR count). The van der Waals surface area contributed by atoms with Gasteiger partial charge in [-0.15, -0.1) is 0 Å². The smallest absolute Gasteiger partial charge is 0.349 e. The van der Waals surface area contributed by atoms with E-state index in [9.17, 15) is 9.59 Å². The van der Waals surface area contributed by atoms with Crippen molar-refractivity contribution in [3.05, 3.63) is 82.2 Å². The summed E-state index contributed by atoms with van der Waals surface area (Å²) >= 11 is 0. The van der Waals surface area contributed by atoms with Gasteiger partial charge in [-0.05, 0) is 24.7 Å². The maximum Gasteiger partial charge on any atom is 0.349 e. The van der Waals surface area contributed by atoms with Crippen LogP contribution in [0.25, 0.3) is 11.0 Å². The Kier molecular flexibility index (Phi) is 4.31. The summed E-state index contributed by atoms with van der Waals surface area (Å²) in [6.45, 7) is 2.07. The van der Waals surface area contributed by atoms with Gasteiger partial charge in [-0.25, -0.2) is 4.79 Å². The molecule has 0 radical (unpaired) electrons. The number of fused-ring (bicyclic) bond motifs is 1. The first-order chi connectivity index (χ1) is 12.6. The second kappa shape index (κ2) is 6.77. The zero-order valence-electron chi connectivity index (χ0n) is 14.6. The van der Waals surface area contributed by atoms with Crippen molar-refractivity contribution in [3.63, 3.8) is 0 Å². The van der Waals surface area contributed by atoms with Crippen molar-refractivity contribution in [1.82, 2.24) is 9.80 Å². The van der Waals surface area contributed by atoms with Gasteiger partial charge in [0.2, 0.25) is 0 Å². The lowest BCUT2D eigenvalue weighted by molar-refractivity contribution is 0.0494. The van der Waals surface area contributed by atoms with Crippen LogP contribution in [-0.2, 0) is 0 Å². The summed E-state index contributed by atoms with van der Waals surface area (Å²) in [6.07, 6.45) is 0. The molecule has 5 nitrogen and oxygen atoms in total. The van der Waals surface area contributed by atoms with Crippen molar-refractivity contribution in [1.29, 1.82) is 0 Å². The van der Waals surface area contributed by atoms with E-state index < -0.39 is 5.63 Å². The number of carbonyl (C=O) groups excluding carboxylic acids is 1. The van der Waals surface area contributed by atoms with E-state index in [-0.39, 0.29) is 17.5 Å². The fourth-order valence-corrected chi connectivity index (χ4v) is 3.49. The lowest BCUT2D eigenvalue weighted by Crippen LogP contribution is -2.50. The van der Waals surface area contributed by atoms with Gasteiger partial charge in [-0.2, -0.15) is 0 Å². The van der Waals surface area contributed by atoms with E-state index in [4.69, 9.17) is 4.42 Å². The number of piperazine rings is 1. The Morgan fingerprint density at radius 2 is 1.77 bits per heavy atom. The summed E-state index contributed by atoms with van der Waals surface area (Å²) in [5.74, 6) is -0.272. The summed E-state index contributed by atoms with van der Waals surface area (Å²) in [5, 5.41) is 0.751. The third-order valence-electron chi connectivity index (χ3n) is 4.90. The number of benzene rings is 2. The Morgan fingerprint density at radius 3 is 2.58 bits per heavy atom. The van der Waals surface area contributed by atoms with Crippen molar-refractivity contribution in [2.24, 2.45) is 0 Å². The largest absolute Gasteiger partial charge is 0.422 e. The van der Waals surface area contributed by atoms with Crippen LogP contribution < -0.4 is 5.63 Å². The first-order valence-electron chi connectivity index (χ1n) is 8.71. The SMILES string of the molecule is CN1CCN(C(=O)c2cc3ccccc3oc2=O)[C@@H](c2ccccc2)C1. The first-order valence-corrected chi connectivity index (χ1v) is 8.71. The summed E-state index contributed by atoms with van der Waals surface area (Å²) < 4.78 is 5.35. The van der Waals surface area contributed by atoms with Gasteiger partial charge in [-0.1, -0.05) is 48.5 Å². The molecule has 5 heteroatoms. The second-order valence-electron chi connectivity index (χ2n) is 6.67. The van der Waals surface area contributed by atoms with Crippen LogP contribution in [0.4, 0.5) is 0 Å². The van der Waals surface area contributed by atoms with E-state index >= 15 is 0 Å². The molecule has 0 N–H and O–H groups in total. The quantitative estimate of drug-likeness (QED) is 0.668. The standard InChI is InChI=1S/C21H20N2O3/c1-22-11-12-23(18(14-22)15-7-3-2-4-8-15)20(24)17-13-16-9-5-6-10-19(16)26-21(17)25/h2-10,13,18H,11-12,14H2,1H3/t18-/m1/s1. The zero-order valence-corrected chi connectivity index (χ0v) is 14.6. The Hall–Kier alpha value is -2.92. The summed E-state index contributed by atoms with van der Waals surface area (Å²) in [5.41, 5.74) is 1.07. The highest BCUT2D eigenvalue weighted by Gasteiger charge is 2.32. The molecule has 132 valence electrons. The van der Waals surface area contributed by atoms with Crippen LogP contribution >= 0.6 is 0 Å². The van der Waals surface area contributed by atoms with Crippen LogP contribution in [0.15, 0.2) is 69.9 Å². The van der Waals surface area contributed by atoms with Gasteiger partial charge >= 0.3 is 5.63 Å². The highest BCUT2D eigenvalue weighted by molar-refractivity contribution is 5.97. The van der Waals surface area contributed by atoms with Crippen LogP contribution in [0, 0.1) is 0 Å². The predicted octanol–water partition coefficient (Wildman–Crippen LogP) is 2.92. The Bertz CT molecular complexity index is 997. The van der Waals surface area contributed by atoms with E-state index in [1.54, 1.807) is 23.1 Å². The number of carbonyl (C=O) groups is 1. The maximum absolute atomic E-state index is 13.2. The van der Waals surface area contributed by atoms with Crippen molar-refractivity contribution in [3.8, 4) is 0 Å². The molecule has 0 spiro atoms. The number of hydrogen-bond donors (Lipinski definition) is 0. The normalized spacial score (nSPS) is 18.2. The van der Waals surface area contributed by atoms with Crippen LogP contribution in [-0.4, -0.2) is 42.4 Å². The molecule has 26 heavy (non-hydrogen) atoms. The van der Waals surface area contributed by atoms with Crippen molar-refractivity contribution >= 4 is 16.9 Å². The van der Waals surface area contributed by atoms with Gasteiger partial charge in [0.1, 0.15) is 11.1 Å². The topological polar surface area (TPSA) is 53.8 Å². The lowest BCUT2D eigenvalue weighted by Gasteiger charge is -2.40. The molecule has 1 atom stereocenters. The molecule has 0 unspecified atom stereocenters. The highest BCUT2D eigenvalue weighted by atomic mass is 16.4. The number of para-hydroxylation sites is 1. The van der Waals surface area contributed by atoms with E-state index in [1.165, 1.54) is 0 Å². The molecule has 1 aliphatic heterocycles. The number of hydrogen-bond acceptors (Lipinski definition) is 4. The van der Waals surface area contributed by atoms with Gasteiger partial charge < -0.3 is 14.2 Å². The van der Waals surface area contributed by atoms with Crippen LogP contribution in [0.5, 0.6) is 0 Å². The maximum atomic E-state index is 13.2. The molecule has 1 saturated heterocycles. The number of amides is 1. The monoisotopic (exact) mass is 348 g/mol. The molecule has 0 aliphatic carbocycles. The Morgan fingerprint density at radius 1 is 1.04 bits per heavy atom. The van der Waals surface area contributed by atoms with E-state index in [1.807, 2.05) is 49.5 Å². The summed E-state index contributed by atoms with van der Waals surface area (Å²) in [7, 11) is 2.04. The fourth-order valence-electron chi connectivity index (χ4n) is 3.49. The fraction of sp³-hybridized carbons (Fsp3) is 0.238. The van der Waals surface area contributed by atoms with Gasteiger partial charge in [0.15, 0.2) is 0 Å². The minimum Gasteiger partial charge on any atom is -0.422 e. The number of nitrogens with zero attached hydrogens (tertiary/aromatic N) is 2. The molecule has 3 aromatic rings. The van der Waals surface area contributed by atoms with Crippen molar-refractivity contribution in [2.45, 2.75) is 6.04 Å². The molecule has 1 amide bonds. The lowest BCUT2D eigenvalue weighted by atomic mass is 10.0. The summed E-state index contributed by atoms with van der Waals surface area (Å²) in [4.78, 5) is 29.6. The highest BCUT2D eigenvalue weighted by Crippen LogP contribution is 2.26. The molecule has 0 bridgehead atoms. The minimum atomic E-state index is -0.584. The molecule has 2 heterocycles. The van der Waals surface area contributed by atoms with Gasteiger partial charge in [0.05, 0.1) is 6.04 Å². The van der Waals surface area contributed by atoms with Gasteiger partial charge in [0, 0.05) is 25.0 Å². The molecule has 2 aromatic carbocycles. The van der Waals surface area contributed by atoms with Crippen molar-refractivity contribution in [2.75, 3.05) is 26.7 Å². The Labute approximate surface area is 151 Å². The van der Waals surface area contributed by atoms with E-state index in [0.29, 0.717) is 12.1 Å². The van der Waals surface area contributed by atoms with Crippen molar-refractivity contribution < 1.29 is 9.21 Å². The second-order valence-corrected chi connectivity index (χ2v) is 6.67. The van der Waals surface area contributed by atoms with Crippen LogP contribution in [0.1, 0.15) is 22.0 Å². The zero-order chi connectivity index (χ0) is 18.1. The van der Waals surface area contributed by atoms with E-state index in [2.05, 4.69) is 4.90 Å². The number of likely N-dealkylation sites (N-methyl/N-ethyl adjacent to an activating group) is 1. The average molecular weight is 348 g/mol. The first kappa shape index (κ1) is 16.5. The molecule has 0 saturated carbocycles. The predicted molar refractivity (Wildman–Crippen MR) is 100 cm³/mol. The third kappa shape index (κ3) is 3.02. The Balaban J connectivity index is 1.74. The van der Waals surface area contributed by atoms with Crippen LogP contribution in [0.2, 0.25) is 0 Å². The van der Waals surface area contributed by atoms with Gasteiger partial charge in [0.25, 0.3) is 5.91 Å². The third-order valence-corrected chi connectivity index (χ3v) is 4.90. The molecule has 1 fully saturated rings. The summed E-state index contributed by atoms with van der Waals surface area (Å²) in [6, 6.07) is 18.7. The van der Waals surface area contributed by atoms with Gasteiger partial charge in [-0.3, -0.25) is 4.79 Å². The van der Waals surface area contributed by atoms with E-state index in [0.717, 1.165) is 24.0 Å². The molecule has 1 aliphatic rings.